The van der Waals surface area contributed by atoms with Crippen LogP contribution in [0.15, 0.2) is 42.6 Å². The summed E-state index contributed by atoms with van der Waals surface area (Å²) in [4.78, 5) is 43.5. The number of benzene rings is 1. The van der Waals surface area contributed by atoms with Crippen LogP contribution in [-0.2, 0) is 14.4 Å². The minimum Gasteiger partial charge on any atom is -0.492 e. The molecule has 0 atom stereocenters. The van der Waals surface area contributed by atoms with Crippen molar-refractivity contribution in [2.45, 2.75) is 53.0 Å². The van der Waals surface area contributed by atoms with Crippen molar-refractivity contribution >= 4 is 29.2 Å². The first kappa shape index (κ1) is 24.8. The maximum Gasteiger partial charge on any atom is 0.240 e. The first-order valence-electron chi connectivity index (χ1n) is 10.6. The molecule has 1 aromatic carbocycles. The molecule has 1 aromatic heterocycles. The summed E-state index contributed by atoms with van der Waals surface area (Å²) >= 11 is 0. The summed E-state index contributed by atoms with van der Waals surface area (Å²) in [6, 6.07) is 10.6. The van der Waals surface area contributed by atoms with E-state index in [0.717, 1.165) is 5.56 Å². The number of hydrogen-bond donors (Lipinski definition) is 2. The third-order valence-electron chi connectivity index (χ3n) is 4.32. The van der Waals surface area contributed by atoms with E-state index in [1.807, 2.05) is 40.7 Å². The second-order valence-electron chi connectivity index (χ2n) is 8.45. The summed E-state index contributed by atoms with van der Waals surface area (Å²) in [6.07, 6.45) is 1.50. The lowest BCUT2D eigenvalue weighted by atomic mass is 10.1. The van der Waals surface area contributed by atoms with E-state index >= 15 is 0 Å². The highest BCUT2D eigenvalue weighted by Crippen LogP contribution is 2.29. The predicted molar refractivity (Wildman–Crippen MR) is 125 cm³/mol. The van der Waals surface area contributed by atoms with Crippen molar-refractivity contribution in [2.24, 2.45) is 0 Å². The van der Waals surface area contributed by atoms with Crippen LogP contribution in [0.1, 0.15) is 46.1 Å². The number of rotatable bonds is 9. The smallest absolute Gasteiger partial charge is 0.240 e. The monoisotopic (exact) mass is 440 g/mol. The Balaban J connectivity index is 2.14. The van der Waals surface area contributed by atoms with Crippen LogP contribution in [-0.4, -0.2) is 41.4 Å². The number of pyridine rings is 1. The zero-order valence-electron chi connectivity index (χ0n) is 19.4. The summed E-state index contributed by atoms with van der Waals surface area (Å²) in [5, 5.41) is 5.56. The lowest BCUT2D eigenvalue weighted by molar-refractivity contribution is -0.125. The van der Waals surface area contributed by atoms with E-state index in [4.69, 9.17) is 4.74 Å². The average molecular weight is 441 g/mol. The lowest BCUT2D eigenvalue weighted by Gasteiger charge is -2.27. The van der Waals surface area contributed by atoms with Gasteiger partial charge in [0.05, 0.1) is 12.3 Å². The van der Waals surface area contributed by atoms with Gasteiger partial charge in [-0.25, -0.2) is 4.98 Å². The van der Waals surface area contributed by atoms with Gasteiger partial charge in [0.25, 0.3) is 0 Å². The van der Waals surface area contributed by atoms with E-state index in [9.17, 15) is 14.4 Å². The van der Waals surface area contributed by atoms with E-state index < -0.39 is 5.54 Å². The van der Waals surface area contributed by atoms with Crippen LogP contribution < -0.4 is 20.3 Å². The molecule has 172 valence electrons. The van der Waals surface area contributed by atoms with Gasteiger partial charge in [0.2, 0.25) is 17.7 Å². The van der Waals surface area contributed by atoms with Gasteiger partial charge in [0.1, 0.15) is 18.1 Å². The SMILES string of the molecule is CCOc1ccccc1N(CC(=O)NC(C)(C)C)C(=O)CCC(=O)Nc1cc(C)ccn1. The molecule has 3 amide bonds. The average Bonchev–Trinajstić information content (AvgIpc) is 2.70. The molecule has 0 bridgehead atoms. The van der Waals surface area contributed by atoms with Crippen molar-refractivity contribution in [1.29, 1.82) is 0 Å². The molecule has 0 saturated heterocycles. The van der Waals surface area contributed by atoms with Crippen molar-refractivity contribution in [1.82, 2.24) is 10.3 Å². The predicted octanol–water partition coefficient (Wildman–Crippen LogP) is 3.46. The zero-order chi connectivity index (χ0) is 23.7. The van der Waals surface area contributed by atoms with Crippen LogP contribution >= 0.6 is 0 Å². The van der Waals surface area contributed by atoms with Gasteiger partial charge in [-0.3, -0.25) is 19.3 Å². The Morgan fingerprint density at radius 3 is 2.44 bits per heavy atom. The standard InChI is InChI=1S/C24H32N4O4/c1-6-32-19-10-8-7-9-18(19)28(16-22(30)27-24(3,4)5)23(31)12-11-21(29)26-20-15-17(2)13-14-25-20/h7-10,13-15H,6,11-12,16H2,1-5H3,(H,27,30)(H,25,26,29). The summed E-state index contributed by atoms with van der Waals surface area (Å²) in [5.74, 6) is -0.0429. The van der Waals surface area contributed by atoms with Gasteiger partial charge in [-0.15, -0.1) is 0 Å². The lowest BCUT2D eigenvalue weighted by Crippen LogP contribution is -2.47. The van der Waals surface area contributed by atoms with E-state index in [2.05, 4.69) is 15.6 Å². The molecule has 0 radical (unpaired) electrons. The van der Waals surface area contributed by atoms with E-state index in [0.29, 0.717) is 23.9 Å². The number of anilines is 2. The molecule has 0 aliphatic rings. The zero-order valence-corrected chi connectivity index (χ0v) is 19.4. The molecule has 8 heteroatoms. The molecule has 2 aromatic rings. The second-order valence-corrected chi connectivity index (χ2v) is 8.45. The molecule has 2 N–H and O–H groups in total. The van der Waals surface area contributed by atoms with Crippen molar-refractivity contribution < 1.29 is 19.1 Å². The van der Waals surface area contributed by atoms with E-state index in [-0.39, 0.29) is 37.1 Å². The Morgan fingerprint density at radius 1 is 1.06 bits per heavy atom. The molecular weight excluding hydrogens is 408 g/mol. The molecule has 0 fully saturated rings. The summed E-state index contributed by atoms with van der Waals surface area (Å²) in [7, 11) is 0. The van der Waals surface area contributed by atoms with Gasteiger partial charge < -0.3 is 15.4 Å². The number of aromatic nitrogens is 1. The van der Waals surface area contributed by atoms with Gasteiger partial charge in [-0.2, -0.15) is 0 Å². The van der Waals surface area contributed by atoms with Crippen molar-refractivity contribution in [3.05, 3.63) is 48.2 Å². The highest BCUT2D eigenvalue weighted by atomic mass is 16.5. The van der Waals surface area contributed by atoms with Gasteiger partial charge >= 0.3 is 0 Å². The largest absolute Gasteiger partial charge is 0.492 e. The van der Waals surface area contributed by atoms with E-state index in [1.165, 1.54) is 4.90 Å². The molecule has 0 aliphatic heterocycles. The highest BCUT2D eigenvalue weighted by Gasteiger charge is 2.24. The molecule has 32 heavy (non-hydrogen) atoms. The quantitative estimate of drug-likeness (QED) is 0.622. The Hall–Kier alpha value is -3.42. The summed E-state index contributed by atoms with van der Waals surface area (Å²) < 4.78 is 5.65. The van der Waals surface area contributed by atoms with Gasteiger partial charge in [-0.05, 0) is 64.4 Å². The molecule has 0 spiro atoms. The number of para-hydroxylation sites is 2. The number of hydrogen-bond acceptors (Lipinski definition) is 5. The van der Waals surface area contributed by atoms with Crippen LogP contribution in [0.25, 0.3) is 0 Å². The fourth-order valence-corrected chi connectivity index (χ4v) is 3.03. The molecule has 1 heterocycles. The second kappa shape index (κ2) is 11.3. The molecule has 8 nitrogen and oxygen atoms in total. The minimum atomic E-state index is -0.439. The maximum atomic E-state index is 13.1. The number of nitrogens with zero attached hydrogens (tertiary/aromatic N) is 2. The van der Waals surface area contributed by atoms with Crippen LogP contribution in [0, 0.1) is 6.92 Å². The van der Waals surface area contributed by atoms with Crippen LogP contribution in [0.3, 0.4) is 0 Å². The normalized spacial score (nSPS) is 10.9. The minimum absolute atomic E-state index is 0.0390. The molecule has 2 rings (SSSR count). The number of aryl methyl sites for hydroxylation is 1. The molecular formula is C24H32N4O4. The number of ether oxygens (including phenoxy) is 1. The van der Waals surface area contributed by atoms with Gasteiger partial charge in [-0.1, -0.05) is 12.1 Å². The Bertz CT molecular complexity index is 953. The fraction of sp³-hybridized carbons (Fsp3) is 0.417. The highest BCUT2D eigenvalue weighted by molar-refractivity contribution is 6.02. The third kappa shape index (κ3) is 8.02. The number of carbonyl (C=O) groups is 3. The third-order valence-corrected chi connectivity index (χ3v) is 4.32. The Kier molecular flexibility index (Phi) is 8.75. The van der Waals surface area contributed by atoms with Gasteiger partial charge in [0, 0.05) is 24.6 Å². The molecule has 0 unspecified atom stereocenters. The molecule has 0 saturated carbocycles. The first-order chi connectivity index (χ1) is 15.1. The number of amides is 3. The Morgan fingerprint density at radius 2 is 1.78 bits per heavy atom. The maximum absolute atomic E-state index is 13.1. The number of nitrogens with one attached hydrogen (secondary N) is 2. The van der Waals surface area contributed by atoms with Crippen LogP contribution in [0.4, 0.5) is 11.5 Å². The van der Waals surface area contributed by atoms with Gasteiger partial charge in [0.15, 0.2) is 0 Å². The molecule has 0 aliphatic carbocycles. The number of carbonyl (C=O) groups excluding carboxylic acids is 3. The Labute approximate surface area is 189 Å². The van der Waals surface area contributed by atoms with E-state index in [1.54, 1.807) is 36.5 Å². The topological polar surface area (TPSA) is 101 Å². The van der Waals surface area contributed by atoms with Crippen molar-refractivity contribution in [3.63, 3.8) is 0 Å². The van der Waals surface area contributed by atoms with Crippen LogP contribution in [0.2, 0.25) is 0 Å². The van der Waals surface area contributed by atoms with Crippen molar-refractivity contribution in [2.75, 3.05) is 23.4 Å². The summed E-state index contributed by atoms with van der Waals surface area (Å²) in [5.41, 5.74) is 1.02. The van der Waals surface area contributed by atoms with Crippen LogP contribution in [0.5, 0.6) is 5.75 Å². The summed E-state index contributed by atoms with van der Waals surface area (Å²) in [6.45, 7) is 9.59. The van der Waals surface area contributed by atoms with Crippen molar-refractivity contribution in [3.8, 4) is 5.75 Å². The fourth-order valence-electron chi connectivity index (χ4n) is 3.03. The first-order valence-corrected chi connectivity index (χ1v) is 10.6.